The fraction of sp³-hybridized carbons (Fsp3) is 0.133. The summed E-state index contributed by atoms with van der Waals surface area (Å²) in [5.74, 6) is -3.31. The zero-order valence-corrected chi connectivity index (χ0v) is 11.9. The monoisotopic (exact) mass is 302 g/mol. The van der Waals surface area contributed by atoms with E-state index in [0.29, 0.717) is 5.56 Å². The highest BCUT2D eigenvalue weighted by molar-refractivity contribution is 6.07. The van der Waals surface area contributed by atoms with Gasteiger partial charge >= 0.3 is 11.9 Å². The van der Waals surface area contributed by atoms with Crippen molar-refractivity contribution in [1.29, 1.82) is 0 Å². The Morgan fingerprint density at radius 2 is 1.50 bits per heavy atom. The first-order valence-corrected chi connectivity index (χ1v) is 6.33. The first-order chi connectivity index (χ1) is 10.2. The number of carboxylic acid groups (broad SMARTS) is 2. The predicted molar refractivity (Wildman–Crippen MR) is 80.3 cm³/mol. The Labute approximate surface area is 125 Å². The van der Waals surface area contributed by atoms with Gasteiger partial charge in [0.1, 0.15) is 16.9 Å². The number of carboxylic acids is 2. The zero-order chi connectivity index (χ0) is 16.6. The minimum atomic E-state index is -1.52. The van der Waals surface area contributed by atoms with Crippen molar-refractivity contribution in [3.05, 3.63) is 50.8 Å². The Morgan fingerprint density at radius 1 is 1.00 bits per heavy atom. The third-order valence-corrected chi connectivity index (χ3v) is 3.18. The van der Waals surface area contributed by atoms with Crippen LogP contribution in [0.15, 0.2) is 23.0 Å². The number of pyridine rings is 1. The minimum absolute atomic E-state index is 0.187. The molecule has 1 aromatic carbocycles. The van der Waals surface area contributed by atoms with Crippen LogP contribution < -0.4 is 11.3 Å². The molecule has 0 saturated carbocycles. The van der Waals surface area contributed by atoms with E-state index in [1.807, 2.05) is 6.07 Å². The number of nitrogens with one attached hydrogen (secondary N) is 1. The lowest BCUT2D eigenvalue weighted by molar-refractivity contribution is 0.0695. The van der Waals surface area contributed by atoms with Crippen LogP contribution in [0.3, 0.4) is 0 Å². The molecule has 0 spiro atoms. The molecule has 5 N–H and O–H groups in total. The minimum Gasteiger partial charge on any atom is -0.478 e. The molecule has 0 aliphatic rings. The zero-order valence-electron chi connectivity index (χ0n) is 11.9. The number of aromatic carboxylic acids is 2. The molecule has 22 heavy (non-hydrogen) atoms. The van der Waals surface area contributed by atoms with Crippen LogP contribution in [-0.4, -0.2) is 27.1 Å². The number of anilines is 1. The molecule has 7 nitrogen and oxygen atoms in total. The molecular formula is C15H14N2O5. The summed E-state index contributed by atoms with van der Waals surface area (Å²) in [6, 6.07) is 5.07. The van der Waals surface area contributed by atoms with Crippen LogP contribution in [-0.2, 0) is 0 Å². The molecule has 1 aromatic heterocycles. The summed E-state index contributed by atoms with van der Waals surface area (Å²) in [4.78, 5) is 36.9. The van der Waals surface area contributed by atoms with Crippen molar-refractivity contribution in [3.8, 4) is 11.1 Å². The van der Waals surface area contributed by atoms with E-state index in [4.69, 9.17) is 5.73 Å². The fourth-order valence-electron chi connectivity index (χ4n) is 2.45. The number of hydrogen-bond acceptors (Lipinski definition) is 4. The van der Waals surface area contributed by atoms with Gasteiger partial charge < -0.3 is 20.9 Å². The maximum atomic E-state index is 11.9. The normalized spacial score (nSPS) is 10.5. The number of hydrogen-bond donors (Lipinski definition) is 4. The molecule has 114 valence electrons. The maximum absolute atomic E-state index is 11.9. The molecule has 0 fully saturated rings. The average molecular weight is 302 g/mol. The second-order valence-electron chi connectivity index (χ2n) is 4.98. The number of nitrogens with two attached hydrogens (primary N) is 1. The number of rotatable bonds is 3. The Kier molecular flexibility index (Phi) is 3.73. The summed E-state index contributed by atoms with van der Waals surface area (Å²) in [6.07, 6.45) is 0. The van der Waals surface area contributed by atoms with Crippen LogP contribution in [0.1, 0.15) is 31.8 Å². The molecule has 7 heteroatoms. The number of aromatic nitrogens is 1. The summed E-state index contributed by atoms with van der Waals surface area (Å²) in [5, 5.41) is 18.6. The van der Waals surface area contributed by atoms with Gasteiger partial charge in [-0.1, -0.05) is 29.3 Å². The summed E-state index contributed by atoms with van der Waals surface area (Å²) in [5.41, 5.74) is 5.32. The van der Waals surface area contributed by atoms with Gasteiger partial charge in [-0.15, -0.1) is 0 Å². The average Bonchev–Trinajstić information content (AvgIpc) is 2.35. The highest BCUT2D eigenvalue weighted by atomic mass is 16.4. The number of benzene rings is 1. The van der Waals surface area contributed by atoms with E-state index in [-0.39, 0.29) is 11.4 Å². The molecule has 0 aliphatic carbocycles. The van der Waals surface area contributed by atoms with Gasteiger partial charge in [0.05, 0.1) is 0 Å². The third-order valence-electron chi connectivity index (χ3n) is 3.18. The van der Waals surface area contributed by atoms with Gasteiger partial charge in [-0.05, 0) is 19.4 Å². The number of aryl methyl sites for hydroxylation is 2. The van der Waals surface area contributed by atoms with Crippen molar-refractivity contribution in [1.82, 2.24) is 4.98 Å². The molecule has 0 atom stereocenters. The van der Waals surface area contributed by atoms with E-state index >= 15 is 0 Å². The van der Waals surface area contributed by atoms with E-state index in [2.05, 4.69) is 4.98 Å². The van der Waals surface area contributed by atoms with Crippen molar-refractivity contribution >= 4 is 17.8 Å². The van der Waals surface area contributed by atoms with Gasteiger partial charge in [0, 0.05) is 5.56 Å². The van der Waals surface area contributed by atoms with E-state index in [1.165, 1.54) is 0 Å². The highest BCUT2D eigenvalue weighted by Gasteiger charge is 2.26. The number of H-pyrrole nitrogens is 1. The SMILES string of the molecule is Cc1cc(C)cc(-c2c(C(=O)O)c(N)[nH]c(=O)c2C(=O)O)c1. The lowest BCUT2D eigenvalue weighted by atomic mass is 9.93. The Balaban J connectivity index is 3.02. The van der Waals surface area contributed by atoms with Crippen molar-refractivity contribution in [2.45, 2.75) is 13.8 Å². The second-order valence-corrected chi connectivity index (χ2v) is 4.98. The number of carbonyl (C=O) groups is 2. The second kappa shape index (κ2) is 5.36. The molecule has 1 heterocycles. The van der Waals surface area contributed by atoms with Crippen molar-refractivity contribution in [3.63, 3.8) is 0 Å². The Hall–Kier alpha value is -3.09. The van der Waals surface area contributed by atoms with Crippen LogP contribution in [0.4, 0.5) is 5.82 Å². The fourth-order valence-corrected chi connectivity index (χ4v) is 2.45. The predicted octanol–water partition coefficient (Wildman–Crippen LogP) is 1.64. The van der Waals surface area contributed by atoms with E-state index in [9.17, 15) is 24.6 Å². The van der Waals surface area contributed by atoms with Crippen molar-refractivity contribution < 1.29 is 19.8 Å². The molecule has 2 rings (SSSR count). The Morgan fingerprint density at radius 3 is 1.95 bits per heavy atom. The topological polar surface area (TPSA) is 133 Å². The van der Waals surface area contributed by atoms with Gasteiger partial charge in [-0.25, -0.2) is 9.59 Å². The van der Waals surface area contributed by atoms with Crippen LogP contribution in [0.2, 0.25) is 0 Å². The largest absolute Gasteiger partial charge is 0.478 e. The number of aromatic amines is 1. The van der Waals surface area contributed by atoms with Gasteiger partial charge in [0.25, 0.3) is 5.56 Å². The molecule has 0 radical (unpaired) electrons. The summed E-state index contributed by atoms with van der Waals surface area (Å²) in [6.45, 7) is 3.57. The summed E-state index contributed by atoms with van der Waals surface area (Å²) in [7, 11) is 0. The van der Waals surface area contributed by atoms with Gasteiger partial charge in [-0.3, -0.25) is 4.79 Å². The van der Waals surface area contributed by atoms with Crippen LogP contribution in [0.25, 0.3) is 11.1 Å². The van der Waals surface area contributed by atoms with Crippen molar-refractivity contribution in [2.24, 2.45) is 0 Å². The van der Waals surface area contributed by atoms with Gasteiger partial charge in [0.2, 0.25) is 0 Å². The van der Waals surface area contributed by atoms with Gasteiger partial charge in [-0.2, -0.15) is 0 Å². The molecule has 2 aromatic rings. The van der Waals surface area contributed by atoms with Crippen molar-refractivity contribution in [2.75, 3.05) is 5.73 Å². The third kappa shape index (κ3) is 2.56. The molecule has 0 saturated heterocycles. The first-order valence-electron chi connectivity index (χ1n) is 6.33. The standard InChI is InChI=1S/C15H14N2O5/c1-6-3-7(2)5-8(4-6)9-10(14(19)20)12(16)17-13(18)11(9)15(21)22/h3-5H,1-2H3,(H,19,20)(H,21,22)(H3,16,17,18). The molecule has 0 amide bonds. The van der Waals surface area contributed by atoms with Crippen LogP contribution >= 0.6 is 0 Å². The van der Waals surface area contributed by atoms with E-state index in [1.54, 1.807) is 26.0 Å². The summed E-state index contributed by atoms with van der Waals surface area (Å²) >= 11 is 0. The molecule has 0 unspecified atom stereocenters. The highest BCUT2D eigenvalue weighted by Crippen LogP contribution is 2.30. The van der Waals surface area contributed by atoms with E-state index in [0.717, 1.165) is 11.1 Å². The first kappa shape index (κ1) is 15.3. The Bertz CT molecular complexity index is 831. The maximum Gasteiger partial charge on any atom is 0.342 e. The lowest BCUT2D eigenvalue weighted by Gasteiger charge is -2.13. The molecule has 0 bridgehead atoms. The quantitative estimate of drug-likeness (QED) is 0.681. The summed E-state index contributed by atoms with van der Waals surface area (Å²) < 4.78 is 0. The molecule has 0 aliphatic heterocycles. The smallest absolute Gasteiger partial charge is 0.342 e. The lowest BCUT2D eigenvalue weighted by Crippen LogP contribution is -2.24. The van der Waals surface area contributed by atoms with Crippen LogP contribution in [0.5, 0.6) is 0 Å². The number of nitrogen functional groups attached to an aromatic ring is 1. The molecular weight excluding hydrogens is 288 g/mol. The van der Waals surface area contributed by atoms with E-state index < -0.39 is 28.6 Å². The van der Waals surface area contributed by atoms with Crippen LogP contribution in [0, 0.1) is 13.8 Å². The van der Waals surface area contributed by atoms with Gasteiger partial charge in [0.15, 0.2) is 0 Å².